The molecule has 0 unspecified atom stereocenters. The molecule has 0 bridgehead atoms. The Balaban J connectivity index is 1.90. The summed E-state index contributed by atoms with van der Waals surface area (Å²) in [6, 6.07) is 5.19. The molecular formula is C14H12FNO2S. The number of amides is 1. The average molecular weight is 277 g/mol. The Kier molecular flexibility index (Phi) is 4.52. The third-order valence-electron chi connectivity index (χ3n) is 2.57. The maximum Gasteiger partial charge on any atom is 0.261 e. The summed E-state index contributed by atoms with van der Waals surface area (Å²) >= 11 is 0.702. The standard InChI is InChI=1S/C14H12FNO2S/c15-12-8-6-11(7-9-12)14(18)19-16-13(17)10-4-2-1-3-5-10/h2,4-9H,1,3H2,(H,16,17). The van der Waals surface area contributed by atoms with Gasteiger partial charge in [0.25, 0.3) is 5.91 Å². The molecule has 1 aromatic rings. The zero-order chi connectivity index (χ0) is 13.7. The third kappa shape index (κ3) is 3.79. The van der Waals surface area contributed by atoms with Crippen LogP contribution in [0.4, 0.5) is 4.39 Å². The molecule has 0 saturated heterocycles. The van der Waals surface area contributed by atoms with Crippen molar-refractivity contribution < 1.29 is 14.0 Å². The average Bonchev–Trinajstić information content (AvgIpc) is 2.46. The molecule has 0 heterocycles. The van der Waals surface area contributed by atoms with Crippen LogP contribution in [0, 0.1) is 5.82 Å². The van der Waals surface area contributed by atoms with E-state index in [-0.39, 0.29) is 11.0 Å². The lowest BCUT2D eigenvalue weighted by Gasteiger charge is -2.07. The summed E-state index contributed by atoms with van der Waals surface area (Å²) in [5.74, 6) is -0.695. The van der Waals surface area contributed by atoms with E-state index in [2.05, 4.69) is 4.72 Å². The minimum absolute atomic E-state index is 0.295. The van der Waals surface area contributed by atoms with E-state index >= 15 is 0 Å². The summed E-state index contributed by atoms with van der Waals surface area (Å²) in [5, 5.41) is -0.325. The molecule has 1 aromatic carbocycles. The molecule has 1 aliphatic rings. The number of carbonyl (C=O) groups excluding carboxylic acids is 2. The van der Waals surface area contributed by atoms with E-state index in [1.807, 2.05) is 12.2 Å². The number of hydrogen-bond donors (Lipinski definition) is 1. The van der Waals surface area contributed by atoms with Crippen molar-refractivity contribution in [3.05, 3.63) is 59.4 Å². The highest BCUT2D eigenvalue weighted by atomic mass is 32.2. The minimum atomic E-state index is -0.400. The summed E-state index contributed by atoms with van der Waals surface area (Å²) in [4.78, 5) is 23.5. The normalized spacial score (nSPS) is 13.8. The molecule has 1 amide bonds. The lowest BCUT2D eigenvalue weighted by Crippen LogP contribution is -2.20. The number of hydrogen-bond acceptors (Lipinski definition) is 3. The molecule has 0 spiro atoms. The first kappa shape index (κ1) is 13.5. The molecule has 2 rings (SSSR count). The highest BCUT2D eigenvalue weighted by Crippen LogP contribution is 2.14. The van der Waals surface area contributed by atoms with Crippen molar-refractivity contribution in [3.8, 4) is 0 Å². The largest absolute Gasteiger partial charge is 0.289 e. The Labute approximate surface area is 114 Å². The molecule has 1 N–H and O–H groups in total. The van der Waals surface area contributed by atoms with Crippen molar-refractivity contribution in [1.29, 1.82) is 0 Å². The number of rotatable bonds is 2. The van der Waals surface area contributed by atoms with Gasteiger partial charge in [-0.25, -0.2) is 4.39 Å². The molecule has 0 aromatic heterocycles. The lowest BCUT2D eigenvalue weighted by atomic mass is 10.1. The van der Waals surface area contributed by atoms with Gasteiger partial charge in [0, 0.05) is 23.1 Å². The van der Waals surface area contributed by atoms with E-state index in [1.54, 1.807) is 6.08 Å². The van der Waals surface area contributed by atoms with Gasteiger partial charge in [0.15, 0.2) is 0 Å². The predicted octanol–water partition coefficient (Wildman–Crippen LogP) is 3.01. The number of carbonyl (C=O) groups is 2. The quantitative estimate of drug-likeness (QED) is 0.845. The summed E-state index contributed by atoms with van der Waals surface area (Å²) in [7, 11) is 0. The second-order valence-electron chi connectivity index (χ2n) is 3.97. The second kappa shape index (κ2) is 6.33. The van der Waals surface area contributed by atoms with Crippen LogP contribution in [0.15, 0.2) is 48.1 Å². The maximum atomic E-state index is 12.7. The van der Waals surface area contributed by atoms with Crippen LogP contribution in [0.3, 0.4) is 0 Å². The van der Waals surface area contributed by atoms with Gasteiger partial charge in [0.1, 0.15) is 5.82 Å². The van der Waals surface area contributed by atoms with E-state index in [4.69, 9.17) is 0 Å². The van der Waals surface area contributed by atoms with Crippen molar-refractivity contribution in [1.82, 2.24) is 4.72 Å². The molecule has 0 atom stereocenters. The van der Waals surface area contributed by atoms with Crippen molar-refractivity contribution in [2.75, 3.05) is 0 Å². The highest BCUT2D eigenvalue weighted by molar-refractivity contribution is 8.12. The van der Waals surface area contributed by atoms with Gasteiger partial charge in [-0.1, -0.05) is 18.2 Å². The number of allylic oxidation sites excluding steroid dienone is 2. The Morgan fingerprint density at radius 1 is 1.16 bits per heavy atom. The molecule has 0 aliphatic heterocycles. The fourth-order valence-electron chi connectivity index (χ4n) is 1.58. The fraction of sp³-hybridized carbons (Fsp3) is 0.143. The first-order valence-corrected chi connectivity index (χ1v) is 6.62. The second-order valence-corrected chi connectivity index (χ2v) is 4.75. The van der Waals surface area contributed by atoms with Gasteiger partial charge >= 0.3 is 0 Å². The Morgan fingerprint density at radius 2 is 1.89 bits per heavy atom. The van der Waals surface area contributed by atoms with Gasteiger partial charge < -0.3 is 0 Å². The summed E-state index contributed by atoms with van der Waals surface area (Å²) in [5.41, 5.74) is 0.908. The molecule has 0 radical (unpaired) electrons. The van der Waals surface area contributed by atoms with Gasteiger partial charge in [0.2, 0.25) is 5.12 Å². The van der Waals surface area contributed by atoms with Gasteiger partial charge in [-0.3, -0.25) is 14.3 Å². The Morgan fingerprint density at radius 3 is 2.53 bits per heavy atom. The van der Waals surface area contributed by atoms with Gasteiger partial charge in [-0.15, -0.1) is 0 Å². The van der Waals surface area contributed by atoms with Gasteiger partial charge in [-0.05, 0) is 37.1 Å². The first-order chi connectivity index (χ1) is 9.16. The van der Waals surface area contributed by atoms with E-state index in [0.29, 0.717) is 23.1 Å². The van der Waals surface area contributed by atoms with Gasteiger partial charge in [-0.2, -0.15) is 0 Å². The SMILES string of the molecule is O=C(NSC(=O)c1ccc(F)cc1)C1=CCCC=C1. The summed E-state index contributed by atoms with van der Waals surface area (Å²) < 4.78 is 15.2. The number of nitrogens with one attached hydrogen (secondary N) is 1. The summed E-state index contributed by atoms with van der Waals surface area (Å²) in [6.45, 7) is 0. The van der Waals surface area contributed by atoms with Crippen LogP contribution >= 0.6 is 11.9 Å². The Hall–Kier alpha value is -1.88. The molecule has 0 fully saturated rings. The van der Waals surface area contributed by atoms with E-state index in [9.17, 15) is 14.0 Å². The lowest BCUT2D eigenvalue weighted by molar-refractivity contribution is -0.115. The molecule has 98 valence electrons. The fourth-order valence-corrected chi connectivity index (χ4v) is 2.14. The topological polar surface area (TPSA) is 46.2 Å². The van der Waals surface area contributed by atoms with Crippen LogP contribution in [0.1, 0.15) is 23.2 Å². The van der Waals surface area contributed by atoms with Crippen LogP contribution in [-0.2, 0) is 4.79 Å². The number of benzene rings is 1. The predicted molar refractivity (Wildman–Crippen MR) is 72.9 cm³/mol. The zero-order valence-corrected chi connectivity index (χ0v) is 10.9. The minimum Gasteiger partial charge on any atom is -0.289 e. The van der Waals surface area contributed by atoms with Crippen molar-refractivity contribution >= 4 is 23.0 Å². The van der Waals surface area contributed by atoms with Crippen molar-refractivity contribution in [2.24, 2.45) is 0 Å². The van der Waals surface area contributed by atoms with Gasteiger partial charge in [0.05, 0.1) is 0 Å². The molecule has 0 saturated carbocycles. The molecule has 5 heteroatoms. The molecule has 19 heavy (non-hydrogen) atoms. The number of halogens is 1. The van der Waals surface area contributed by atoms with Crippen LogP contribution in [-0.4, -0.2) is 11.0 Å². The Bertz CT molecular complexity index is 549. The van der Waals surface area contributed by atoms with E-state index in [0.717, 1.165) is 12.8 Å². The molecular weight excluding hydrogens is 265 g/mol. The molecule has 3 nitrogen and oxygen atoms in total. The van der Waals surface area contributed by atoms with E-state index in [1.165, 1.54) is 24.3 Å². The van der Waals surface area contributed by atoms with Crippen LogP contribution in [0.2, 0.25) is 0 Å². The molecule has 1 aliphatic carbocycles. The van der Waals surface area contributed by atoms with Crippen molar-refractivity contribution in [2.45, 2.75) is 12.8 Å². The van der Waals surface area contributed by atoms with E-state index < -0.39 is 5.82 Å². The highest BCUT2D eigenvalue weighted by Gasteiger charge is 2.12. The van der Waals surface area contributed by atoms with Crippen LogP contribution in [0.25, 0.3) is 0 Å². The zero-order valence-electron chi connectivity index (χ0n) is 10.1. The van der Waals surface area contributed by atoms with Crippen LogP contribution in [0.5, 0.6) is 0 Å². The smallest absolute Gasteiger partial charge is 0.261 e. The van der Waals surface area contributed by atoms with Crippen molar-refractivity contribution in [3.63, 3.8) is 0 Å². The first-order valence-electron chi connectivity index (χ1n) is 5.80. The third-order valence-corrected chi connectivity index (χ3v) is 3.28. The van der Waals surface area contributed by atoms with Crippen LogP contribution < -0.4 is 4.72 Å². The monoisotopic (exact) mass is 277 g/mol. The summed E-state index contributed by atoms with van der Waals surface area (Å²) in [6.07, 6.45) is 7.25. The maximum absolute atomic E-state index is 12.7.